The van der Waals surface area contributed by atoms with Crippen LogP contribution in [0.15, 0.2) is 48.5 Å². The van der Waals surface area contributed by atoms with E-state index in [4.69, 9.17) is 16.3 Å². The molecule has 0 radical (unpaired) electrons. The first kappa shape index (κ1) is 16.4. The molecule has 0 aliphatic rings. The van der Waals surface area contributed by atoms with Crippen molar-refractivity contribution in [3.8, 4) is 5.75 Å². The smallest absolute Gasteiger partial charge is 0.223 e. The summed E-state index contributed by atoms with van der Waals surface area (Å²) in [4.78, 5) is 11.9. The Kier molecular flexibility index (Phi) is 5.84. The second kappa shape index (κ2) is 7.85. The summed E-state index contributed by atoms with van der Waals surface area (Å²) in [5, 5.41) is 3.64. The fourth-order valence-electron chi connectivity index (χ4n) is 2.04. The van der Waals surface area contributed by atoms with E-state index in [1.54, 1.807) is 0 Å². The van der Waals surface area contributed by atoms with Gasteiger partial charge in [-0.2, -0.15) is 0 Å². The molecule has 0 saturated heterocycles. The standard InChI is InChI=1S/C18H20ClNO2/c1-13-3-9-17(10-4-13)22-12-11-18(21)20-14(2)15-5-7-16(19)8-6-15/h3-10,14H,11-12H2,1-2H3,(H,20,21)/t14-/m1/s1. The summed E-state index contributed by atoms with van der Waals surface area (Å²) in [6.07, 6.45) is 0.325. The van der Waals surface area contributed by atoms with Gasteiger partial charge >= 0.3 is 0 Å². The summed E-state index contributed by atoms with van der Waals surface area (Å²) >= 11 is 5.85. The molecule has 0 unspecified atom stereocenters. The van der Waals surface area contributed by atoms with Crippen LogP contribution in [0, 0.1) is 6.92 Å². The van der Waals surface area contributed by atoms with Gasteiger partial charge in [0.25, 0.3) is 0 Å². The number of hydrogen-bond donors (Lipinski definition) is 1. The van der Waals surface area contributed by atoms with Crippen molar-refractivity contribution in [2.75, 3.05) is 6.61 Å². The number of rotatable bonds is 6. The maximum absolute atomic E-state index is 11.9. The summed E-state index contributed by atoms with van der Waals surface area (Å²) in [7, 11) is 0. The van der Waals surface area contributed by atoms with E-state index in [1.807, 2.05) is 62.4 Å². The zero-order valence-electron chi connectivity index (χ0n) is 12.8. The minimum absolute atomic E-state index is 0.0328. The van der Waals surface area contributed by atoms with Gasteiger partial charge in [-0.1, -0.05) is 41.4 Å². The average Bonchev–Trinajstić information content (AvgIpc) is 2.50. The summed E-state index contributed by atoms with van der Waals surface area (Å²) < 4.78 is 5.56. The van der Waals surface area contributed by atoms with Crippen molar-refractivity contribution in [1.29, 1.82) is 0 Å². The van der Waals surface area contributed by atoms with Crippen LogP contribution in [0.1, 0.15) is 30.5 Å². The molecule has 0 saturated carbocycles. The van der Waals surface area contributed by atoms with Gasteiger partial charge in [0.2, 0.25) is 5.91 Å². The van der Waals surface area contributed by atoms with E-state index < -0.39 is 0 Å². The lowest BCUT2D eigenvalue weighted by atomic mass is 10.1. The van der Waals surface area contributed by atoms with Gasteiger partial charge in [-0.25, -0.2) is 0 Å². The fraction of sp³-hybridized carbons (Fsp3) is 0.278. The Balaban J connectivity index is 1.75. The largest absolute Gasteiger partial charge is 0.493 e. The lowest BCUT2D eigenvalue weighted by molar-refractivity contribution is -0.122. The topological polar surface area (TPSA) is 38.3 Å². The van der Waals surface area contributed by atoms with Gasteiger partial charge in [0.1, 0.15) is 5.75 Å². The van der Waals surface area contributed by atoms with Crippen LogP contribution < -0.4 is 10.1 Å². The number of hydrogen-bond acceptors (Lipinski definition) is 2. The van der Waals surface area contributed by atoms with E-state index in [2.05, 4.69) is 5.32 Å². The lowest BCUT2D eigenvalue weighted by Crippen LogP contribution is -2.27. The quantitative estimate of drug-likeness (QED) is 0.863. The van der Waals surface area contributed by atoms with Crippen molar-refractivity contribution in [1.82, 2.24) is 5.32 Å². The van der Waals surface area contributed by atoms with Crippen LogP contribution >= 0.6 is 11.6 Å². The van der Waals surface area contributed by atoms with Crippen molar-refractivity contribution >= 4 is 17.5 Å². The van der Waals surface area contributed by atoms with E-state index in [1.165, 1.54) is 5.56 Å². The molecule has 2 rings (SSSR count). The molecule has 3 nitrogen and oxygen atoms in total. The molecule has 0 heterocycles. The van der Waals surface area contributed by atoms with Crippen molar-refractivity contribution in [3.05, 3.63) is 64.7 Å². The monoisotopic (exact) mass is 317 g/mol. The predicted octanol–water partition coefficient (Wildman–Crippen LogP) is 4.29. The minimum atomic E-state index is -0.0517. The number of amides is 1. The molecular formula is C18H20ClNO2. The van der Waals surface area contributed by atoms with Crippen molar-refractivity contribution in [2.24, 2.45) is 0 Å². The molecule has 0 bridgehead atoms. The second-order valence-corrected chi connectivity index (χ2v) is 5.69. The number of aryl methyl sites for hydroxylation is 1. The maximum atomic E-state index is 11.9. The van der Waals surface area contributed by atoms with Crippen LogP contribution in [0.2, 0.25) is 5.02 Å². The molecule has 0 aliphatic heterocycles. The van der Waals surface area contributed by atoms with E-state index >= 15 is 0 Å². The SMILES string of the molecule is Cc1ccc(OCCC(=O)N[C@H](C)c2ccc(Cl)cc2)cc1. The number of carbonyl (C=O) groups excluding carboxylic acids is 1. The summed E-state index contributed by atoms with van der Waals surface area (Å²) in [6.45, 7) is 4.33. The average molecular weight is 318 g/mol. The normalized spacial score (nSPS) is 11.8. The van der Waals surface area contributed by atoms with E-state index in [9.17, 15) is 4.79 Å². The molecule has 4 heteroatoms. The molecule has 1 atom stereocenters. The molecular weight excluding hydrogens is 298 g/mol. The summed E-state index contributed by atoms with van der Waals surface area (Å²) in [5.74, 6) is 0.749. The highest BCUT2D eigenvalue weighted by atomic mass is 35.5. The first-order valence-corrected chi connectivity index (χ1v) is 7.66. The summed E-state index contributed by atoms with van der Waals surface area (Å²) in [6, 6.07) is 15.2. The van der Waals surface area contributed by atoms with Gasteiger partial charge in [-0.3, -0.25) is 4.79 Å². The van der Waals surface area contributed by atoms with Crippen molar-refractivity contribution in [2.45, 2.75) is 26.3 Å². The van der Waals surface area contributed by atoms with E-state index in [0.717, 1.165) is 11.3 Å². The molecule has 116 valence electrons. The molecule has 2 aromatic carbocycles. The second-order valence-electron chi connectivity index (χ2n) is 5.25. The van der Waals surface area contributed by atoms with Crippen LogP contribution in [-0.4, -0.2) is 12.5 Å². The Morgan fingerprint density at radius 3 is 2.41 bits per heavy atom. The molecule has 2 aromatic rings. The first-order chi connectivity index (χ1) is 10.5. The van der Waals surface area contributed by atoms with Gasteiger partial charge in [-0.05, 0) is 43.7 Å². The van der Waals surface area contributed by atoms with Gasteiger partial charge in [-0.15, -0.1) is 0 Å². The Bertz CT molecular complexity index is 608. The Morgan fingerprint density at radius 1 is 1.14 bits per heavy atom. The first-order valence-electron chi connectivity index (χ1n) is 7.29. The molecule has 22 heavy (non-hydrogen) atoms. The fourth-order valence-corrected chi connectivity index (χ4v) is 2.17. The Hall–Kier alpha value is -2.00. The third-order valence-corrected chi connectivity index (χ3v) is 3.62. The van der Waals surface area contributed by atoms with Crippen LogP contribution in [0.25, 0.3) is 0 Å². The van der Waals surface area contributed by atoms with Gasteiger partial charge in [0.05, 0.1) is 19.1 Å². The third-order valence-electron chi connectivity index (χ3n) is 3.37. The molecule has 0 aromatic heterocycles. The molecule has 1 N–H and O–H groups in total. The Labute approximate surface area is 136 Å². The van der Waals surface area contributed by atoms with Gasteiger partial charge in [0, 0.05) is 5.02 Å². The Morgan fingerprint density at radius 2 is 1.77 bits per heavy atom. The summed E-state index contributed by atoms with van der Waals surface area (Å²) in [5.41, 5.74) is 2.21. The zero-order valence-corrected chi connectivity index (χ0v) is 13.6. The van der Waals surface area contributed by atoms with Gasteiger partial charge in [0.15, 0.2) is 0 Å². The molecule has 0 fully saturated rings. The highest BCUT2D eigenvalue weighted by Gasteiger charge is 2.09. The molecule has 0 spiro atoms. The van der Waals surface area contributed by atoms with Crippen LogP contribution in [0.3, 0.4) is 0 Å². The van der Waals surface area contributed by atoms with Crippen LogP contribution in [0.5, 0.6) is 5.75 Å². The minimum Gasteiger partial charge on any atom is -0.493 e. The highest BCUT2D eigenvalue weighted by molar-refractivity contribution is 6.30. The predicted molar refractivity (Wildman–Crippen MR) is 89.3 cm³/mol. The number of nitrogens with one attached hydrogen (secondary N) is 1. The van der Waals surface area contributed by atoms with Crippen molar-refractivity contribution in [3.63, 3.8) is 0 Å². The molecule has 1 amide bonds. The lowest BCUT2D eigenvalue weighted by Gasteiger charge is -2.14. The maximum Gasteiger partial charge on any atom is 0.223 e. The molecule has 0 aliphatic carbocycles. The third kappa shape index (κ3) is 5.08. The zero-order chi connectivity index (χ0) is 15.9. The number of halogens is 1. The van der Waals surface area contributed by atoms with Crippen LogP contribution in [-0.2, 0) is 4.79 Å². The number of carbonyl (C=O) groups is 1. The number of benzene rings is 2. The van der Waals surface area contributed by atoms with E-state index in [-0.39, 0.29) is 11.9 Å². The van der Waals surface area contributed by atoms with Crippen molar-refractivity contribution < 1.29 is 9.53 Å². The van der Waals surface area contributed by atoms with Crippen LogP contribution in [0.4, 0.5) is 0 Å². The van der Waals surface area contributed by atoms with Gasteiger partial charge < -0.3 is 10.1 Å². The highest BCUT2D eigenvalue weighted by Crippen LogP contribution is 2.16. The number of ether oxygens (including phenoxy) is 1. The van der Waals surface area contributed by atoms with E-state index in [0.29, 0.717) is 18.1 Å².